The van der Waals surface area contributed by atoms with Gasteiger partial charge in [0.2, 0.25) is 0 Å². The number of aliphatic hydroxyl groups excluding tert-OH is 3. The van der Waals surface area contributed by atoms with Crippen LogP contribution in [0.3, 0.4) is 0 Å². The molecule has 1 fully saturated rings. The Kier molecular flexibility index (Phi) is 5.54. The van der Waals surface area contributed by atoms with Gasteiger partial charge in [-0.25, -0.2) is 4.79 Å². The molecule has 4 atom stereocenters. The Balaban J connectivity index is 1.65. The molecule has 0 aliphatic carbocycles. The van der Waals surface area contributed by atoms with E-state index in [2.05, 4.69) is 35.1 Å². The first kappa shape index (κ1) is 20.2. The number of anilines is 3. The fourth-order valence-electron chi connectivity index (χ4n) is 3.64. The zero-order valence-corrected chi connectivity index (χ0v) is 17.0. The van der Waals surface area contributed by atoms with Crippen LogP contribution in [-0.2, 0) is 4.74 Å². The molecule has 0 amide bonds. The van der Waals surface area contributed by atoms with E-state index in [1.165, 1.54) is 11.8 Å². The van der Waals surface area contributed by atoms with Crippen LogP contribution in [0.1, 0.15) is 20.1 Å². The summed E-state index contributed by atoms with van der Waals surface area (Å²) in [5.74, 6) is 0.437. The van der Waals surface area contributed by atoms with Crippen LogP contribution in [0.25, 0.3) is 0 Å². The van der Waals surface area contributed by atoms with Crippen LogP contribution in [0.15, 0.2) is 39.0 Å². The molecule has 29 heavy (non-hydrogen) atoms. The van der Waals surface area contributed by atoms with Gasteiger partial charge in [0.1, 0.15) is 18.3 Å². The fraction of sp³-hybridized carbons (Fsp3) is 0.474. The Bertz CT molecular complexity index is 964. The molecule has 1 saturated heterocycles. The summed E-state index contributed by atoms with van der Waals surface area (Å²) in [4.78, 5) is 20.6. The Hall–Kier alpha value is -2.11. The topological polar surface area (TPSA) is 120 Å². The van der Waals surface area contributed by atoms with Crippen molar-refractivity contribution in [1.82, 2.24) is 9.55 Å². The molecule has 0 saturated carbocycles. The average Bonchev–Trinajstić information content (AvgIpc) is 3.01. The molecule has 0 bridgehead atoms. The summed E-state index contributed by atoms with van der Waals surface area (Å²) in [6, 6.07) is 6.12. The molecular formula is C19H24N4O5S. The van der Waals surface area contributed by atoms with E-state index >= 15 is 0 Å². The van der Waals surface area contributed by atoms with E-state index in [-0.39, 0.29) is 0 Å². The molecule has 0 spiro atoms. The lowest BCUT2D eigenvalue weighted by Crippen LogP contribution is -2.36. The van der Waals surface area contributed by atoms with Crippen LogP contribution < -0.4 is 15.9 Å². The van der Waals surface area contributed by atoms with Crippen molar-refractivity contribution in [2.24, 2.45) is 0 Å². The van der Waals surface area contributed by atoms with Crippen molar-refractivity contribution in [2.45, 2.75) is 48.2 Å². The quantitative estimate of drug-likeness (QED) is 0.477. The lowest BCUT2D eigenvalue weighted by atomic mass is 10.1. The largest absolute Gasteiger partial charge is 0.394 e. The van der Waals surface area contributed by atoms with Crippen molar-refractivity contribution >= 4 is 29.0 Å². The van der Waals surface area contributed by atoms with Crippen LogP contribution in [0, 0.1) is 0 Å². The number of aliphatic hydroxyl groups is 3. The summed E-state index contributed by atoms with van der Waals surface area (Å²) in [7, 11) is 0. The van der Waals surface area contributed by atoms with Crippen LogP contribution in [-0.4, -0.2) is 62.9 Å². The van der Waals surface area contributed by atoms with Crippen molar-refractivity contribution in [3.63, 3.8) is 0 Å². The van der Waals surface area contributed by atoms with E-state index in [4.69, 9.17) is 4.74 Å². The van der Waals surface area contributed by atoms with Gasteiger partial charge in [-0.15, -0.1) is 0 Å². The monoisotopic (exact) mass is 420 g/mol. The number of fused-ring (bicyclic) bond motifs is 2. The van der Waals surface area contributed by atoms with Crippen molar-refractivity contribution in [3.05, 3.63) is 34.9 Å². The molecule has 4 rings (SSSR count). The van der Waals surface area contributed by atoms with Gasteiger partial charge in [-0.05, 0) is 32.0 Å². The van der Waals surface area contributed by atoms with Crippen LogP contribution in [0.4, 0.5) is 17.2 Å². The SMILES string of the molecule is CCN(CC)c1ccc2c(c1)Nc1nc(=O)n(C3OC(CO)C(O)C3O)cc1S2. The van der Waals surface area contributed by atoms with Crippen molar-refractivity contribution in [2.75, 3.05) is 29.9 Å². The van der Waals surface area contributed by atoms with E-state index in [0.717, 1.165) is 33.9 Å². The molecule has 1 aromatic carbocycles. The van der Waals surface area contributed by atoms with E-state index in [9.17, 15) is 20.1 Å². The van der Waals surface area contributed by atoms with E-state index < -0.39 is 36.8 Å². The normalized spacial score (nSPS) is 25.3. The third-order valence-corrected chi connectivity index (χ3v) is 6.37. The average molecular weight is 420 g/mol. The van der Waals surface area contributed by atoms with Crippen LogP contribution in [0.2, 0.25) is 0 Å². The second-order valence-electron chi connectivity index (χ2n) is 6.95. The highest BCUT2D eigenvalue weighted by Gasteiger charge is 2.44. The Morgan fingerprint density at radius 2 is 2.00 bits per heavy atom. The molecule has 4 unspecified atom stereocenters. The number of ether oxygens (including phenoxy) is 1. The summed E-state index contributed by atoms with van der Waals surface area (Å²) in [5, 5.41) is 32.7. The molecular weight excluding hydrogens is 396 g/mol. The predicted molar refractivity (Wildman–Crippen MR) is 109 cm³/mol. The lowest BCUT2D eigenvalue weighted by Gasteiger charge is -2.26. The van der Waals surface area contributed by atoms with Crippen molar-refractivity contribution in [1.29, 1.82) is 0 Å². The van der Waals surface area contributed by atoms with Gasteiger partial charge in [-0.2, -0.15) is 4.98 Å². The molecule has 2 aliphatic heterocycles. The smallest absolute Gasteiger partial charge is 0.351 e. The minimum absolute atomic E-state index is 0.437. The molecule has 2 aliphatic rings. The first-order valence-electron chi connectivity index (χ1n) is 9.56. The van der Waals surface area contributed by atoms with Gasteiger partial charge in [-0.3, -0.25) is 4.57 Å². The number of nitrogens with zero attached hydrogens (tertiary/aromatic N) is 3. The number of benzene rings is 1. The minimum Gasteiger partial charge on any atom is -0.394 e. The summed E-state index contributed by atoms with van der Waals surface area (Å²) >= 11 is 1.46. The number of aromatic nitrogens is 2. The molecule has 156 valence electrons. The first-order chi connectivity index (χ1) is 14.0. The van der Waals surface area contributed by atoms with Gasteiger partial charge in [-0.1, -0.05) is 11.8 Å². The highest BCUT2D eigenvalue weighted by Crippen LogP contribution is 2.44. The van der Waals surface area contributed by atoms with Crippen LogP contribution >= 0.6 is 11.8 Å². The third kappa shape index (κ3) is 3.51. The number of rotatable bonds is 5. The van der Waals surface area contributed by atoms with Gasteiger partial charge in [0.25, 0.3) is 0 Å². The molecule has 4 N–H and O–H groups in total. The fourth-order valence-corrected chi connectivity index (χ4v) is 4.60. The zero-order valence-electron chi connectivity index (χ0n) is 16.1. The summed E-state index contributed by atoms with van der Waals surface area (Å²) < 4.78 is 6.63. The maximum atomic E-state index is 12.6. The lowest BCUT2D eigenvalue weighted by molar-refractivity contribution is -0.0552. The second-order valence-corrected chi connectivity index (χ2v) is 8.04. The minimum atomic E-state index is -1.34. The molecule has 3 heterocycles. The van der Waals surface area contributed by atoms with E-state index in [1.807, 2.05) is 12.1 Å². The summed E-state index contributed by atoms with van der Waals surface area (Å²) in [6.45, 7) is 5.53. The number of nitrogens with one attached hydrogen (secondary N) is 1. The summed E-state index contributed by atoms with van der Waals surface area (Å²) in [5.41, 5.74) is 1.35. The van der Waals surface area contributed by atoms with Gasteiger partial charge in [0.05, 0.1) is 17.2 Å². The van der Waals surface area contributed by atoms with Crippen LogP contribution in [0.5, 0.6) is 0 Å². The highest BCUT2D eigenvalue weighted by molar-refractivity contribution is 7.99. The number of hydrogen-bond donors (Lipinski definition) is 4. The Labute approximate surface area is 172 Å². The van der Waals surface area contributed by atoms with Crippen molar-refractivity contribution < 1.29 is 20.1 Å². The van der Waals surface area contributed by atoms with Gasteiger partial charge in [0.15, 0.2) is 12.0 Å². The van der Waals surface area contributed by atoms with Crippen molar-refractivity contribution in [3.8, 4) is 0 Å². The van der Waals surface area contributed by atoms with Gasteiger partial charge < -0.3 is 30.3 Å². The Morgan fingerprint density at radius 1 is 1.24 bits per heavy atom. The zero-order chi connectivity index (χ0) is 20.7. The second kappa shape index (κ2) is 7.96. The first-order valence-corrected chi connectivity index (χ1v) is 10.4. The standard InChI is InChI=1S/C19H24N4O5S/c1-3-22(4-2)10-5-6-13-11(7-10)20-17-14(29-13)8-23(19(27)21-17)18-16(26)15(25)12(9-24)28-18/h5-8,12,15-16,18,24-26H,3-4,9H2,1-2H3,(H,20,21,27). The predicted octanol–water partition coefficient (Wildman–Crippen LogP) is 0.909. The molecule has 1 aromatic heterocycles. The summed E-state index contributed by atoms with van der Waals surface area (Å²) in [6.07, 6.45) is -3.13. The van der Waals surface area contributed by atoms with E-state index in [0.29, 0.717) is 10.7 Å². The van der Waals surface area contributed by atoms with Gasteiger partial charge >= 0.3 is 5.69 Å². The molecule has 2 aromatic rings. The maximum Gasteiger partial charge on any atom is 0.351 e. The third-order valence-electron chi connectivity index (χ3n) is 5.27. The number of hydrogen-bond acceptors (Lipinski definition) is 9. The van der Waals surface area contributed by atoms with E-state index in [1.54, 1.807) is 6.20 Å². The maximum absolute atomic E-state index is 12.6. The Morgan fingerprint density at radius 3 is 2.66 bits per heavy atom. The molecule has 10 heteroatoms. The van der Waals surface area contributed by atoms with Gasteiger partial charge in [0, 0.05) is 29.9 Å². The molecule has 9 nitrogen and oxygen atoms in total. The highest BCUT2D eigenvalue weighted by atomic mass is 32.2. The molecule has 0 radical (unpaired) electrons.